The summed E-state index contributed by atoms with van der Waals surface area (Å²) in [7, 11) is 0. The highest BCUT2D eigenvalue weighted by Gasteiger charge is 2.28. The molecule has 0 radical (unpaired) electrons. The van der Waals surface area contributed by atoms with E-state index < -0.39 is 24.7 Å². The van der Waals surface area contributed by atoms with Crippen LogP contribution in [0, 0.1) is 0 Å². The maximum absolute atomic E-state index is 11.9. The van der Waals surface area contributed by atoms with Crippen LogP contribution >= 0.6 is 15.9 Å². The van der Waals surface area contributed by atoms with Gasteiger partial charge in [-0.1, -0.05) is 34.1 Å². The van der Waals surface area contributed by atoms with E-state index in [4.69, 9.17) is 0 Å². The molecule has 0 aromatic heterocycles. The molecule has 0 saturated carbocycles. The molecule has 2 N–H and O–H groups in total. The highest BCUT2D eigenvalue weighted by molar-refractivity contribution is 9.10. The SMILES string of the molecule is CC(NCc1ccccc1Br)C(=O)NCC(F)(F)F. The number of carbonyl (C=O) groups excluding carboxylic acids is 1. The normalized spacial score (nSPS) is 13.1. The fourth-order valence-electron chi connectivity index (χ4n) is 1.34. The molecule has 0 aliphatic heterocycles. The second kappa shape index (κ2) is 6.91. The Bertz CT molecular complexity index is 437. The van der Waals surface area contributed by atoms with Gasteiger partial charge >= 0.3 is 6.18 Å². The monoisotopic (exact) mass is 338 g/mol. The summed E-state index contributed by atoms with van der Waals surface area (Å²) in [5, 5.41) is 4.70. The molecule has 0 spiro atoms. The van der Waals surface area contributed by atoms with Crippen LogP contribution in [0.2, 0.25) is 0 Å². The molecular formula is C12H14BrF3N2O. The molecule has 0 aliphatic carbocycles. The Morgan fingerprint density at radius 2 is 2.00 bits per heavy atom. The van der Waals surface area contributed by atoms with Gasteiger partial charge in [-0.15, -0.1) is 0 Å². The van der Waals surface area contributed by atoms with Crippen LogP contribution < -0.4 is 10.6 Å². The standard InChI is InChI=1S/C12H14BrF3N2O/c1-8(11(19)18-7-12(14,15)16)17-6-9-4-2-3-5-10(9)13/h2-5,8,17H,6-7H2,1H3,(H,18,19). The molecule has 106 valence electrons. The van der Waals surface area contributed by atoms with Gasteiger partial charge in [-0.3, -0.25) is 4.79 Å². The molecule has 1 aromatic rings. The van der Waals surface area contributed by atoms with E-state index in [0.29, 0.717) is 6.54 Å². The first kappa shape index (κ1) is 16.0. The van der Waals surface area contributed by atoms with E-state index >= 15 is 0 Å². The number of hydrogen-bond acceptors (Lipinski definition) is 2. The predicted octanol–water partition coefficient (Wildman–Crippen LogP) is 2.61. The Kier molecular flexibility index (Phi) is 5.81. The highest BCUT2D eigenvalue weighted by atomic mass is 79.9. The van der Waals surface area contributed by atoms with E-state index in [2.05, 4.69) is 21.2 Å². The van der Waals surface area contributed by atoms with Gasteiger partial charge in [0, 0.05) is 11.0 Å². The Morgan fingerprint density at radius 1 is 1.37 bits per heavy atom. The van der Waals surface area contributed by atoms with Gasteiger partial charge in [-0.05, 0) is 18.6 Å². The van der Waals surface area contributed by atoms with E-state index in [1.54, 1.807) is 0 Å². The van der Waals surface area contributed by atoms with Crippen LogP contribution in [-0.2, 0) is 11.3 Å². The van der Waals surface area contributed by atoms with Crippen LogP contribution in [0.3, 0.4) is 0 Å². The van der Waals surface area contributed by atoms with Crippen molar-refractivity contribution in [2.45, 2.75) is 25.7 Å². The van der Waals surface area contributed by atoms with Crippen LogP contribution in [0.4, 0.5) is 13.2 Å². The van der Waals surface area contributed by atoms with Crippen LogP contribution in [0.25, 0.3) is 0 Å². The molecule has 1 aromatic carbocycles. The molecule has 1 amide bonds. The van der Waals surface area contributed by atoms with E-state index in [-0.39, 0.29) is 0 Å². The molecule has 3 nitrogen and oxygen atoms in total. The van der Waals surface area contributed by atoms with Crippen molar-refractivity contribution in [3.63, 3.8) is 0 Å². The van der Waals surface area contributed by atoms with Crippen molar-refractivity contribution in [1.82, 2.24) is 10.6 Å². The molecule has 1 rings (SSSR count). The van der Waals surface area contributed by atoms with Crippen molar-refractivity contribution in [3.8, 4) is 0 Å². The van der Waals surface area contributed by atoms with Gasteiger partial charge in [0.2, 0.25) is 5.91 Å². The molecule has 0 heterocycles. The number of hydrogen-bond donors (Lipinski definition) is 2. The summed E-state index contributed by atoms with van der Waals surface area (Å²) in [5.41, 5.74) is 0.929. The third kappa shape index (κ3) is 6.07. The lowest BCUT2D eigenvalue weighted by Gasteiger charge is -2.15. The second-order valence-electron chi connectivity index (χ2n) is 4.03. The molecular weight excluding hydrogens is 325 g/mol. The molecule has 19 heavy (non-hydrogen) atoms. The molecule has 0 aliphatic rings. The van der Waals surface area contributed by atoms with Crippen molar-refractivity contribution in [3.05, 3.63) is 34.3 Å². The molecule has 0 saturated heterocycles. The summed E-state index contributed by atoms with van der Waals surface area (Å²) in [4.78, 5) is 11.4. The fourth-order valence-corrected chi connectivity index (χ4v) is 1.76. The van der Waals surface area contributed by atoms with Gasteiger partial charge in [0.1, 0.15) is 6.54 Å². The lowest BCUT2D eigenvalue weighted by molar-refractivity contribution is -0.139. The van der Waals surface area contributed by atoms with Gasteiger partial charge in [0.25, 0.3) is 0 Å². The van der Waals surface area contributed by atoms with E-state index in [0.717, 1.165) is 10.0 Å². The molecule has 1 atom stereocenters. The summed E-state index contributed by atoms with van der Waals surface area (Å²) in [6, 6.07) is 6.71. The Labute approximate surface area is 117 Å². The van der Waals surface area contributed by atoms with E-state index in [9.17, 15) is 18.0 Å². The van der Waals surface area contributed by atoms with E-state index in [1.165, 1.54) is 6.92 Å². The summed E-state index contributed by atoms with van der Waals surface area (Å²) < 4.78 is 36.7. The minimum absolute atomic E-state index is 0.391. The molecule has 1 unspecified atom stereocenters. The van der Waals surface area contributed by atoms with E-state index in [1.807, 2.05) is 29.6 Å². The zero-order chi connectivity index (χ0) is 14.5. The maximum atomic E-state index is 11.9. The minimum Gasteiger partial charge on any atom is -0.346 e. The largest absolute Gasteiger partial charge is 0.405 e. The average Bonchev–Trinajstić information content (AvgIpc) is 2.33. The van der Waals surface area contributed by atoms with Crippen molar-refractivity contribution in [2.75, 3.05) is 6.54 Å². The predicted molar refractivity (Wildman–Crippen MR) is 69.5 cm³/mol. The lowest BCUT2D eigenvalue weighted by atomic mass is 10.2. The van der Waals surface area contributed by atoms with Crippen molar-refractivity contribution >= 4 is 21.8 Å². The number of halogens is 4. The van der Waals surface area contributed by atoms with Gasteiger partial charge in [0.05, 0.1) is 6.04 Å². The Hall–Kier alpha value is -1.08. The maximum Gasteiger partial charge on any atom is 0.405 e. The first-order chi connectivity index (χ1) is 8.79. The number of carbonyl (C=O) groups is 1. The quantitative estimate of drug-likeness (QED) is 0.866. The second-order valence-corrected chi connectivity index (χ2v) is 4.88. The third-order valence-corrected chi connectivity index (χ3v) is 3.19. The highest BCUT2D eigenvalue weighted by Crippen LogP contribution is 2.15. The Morgan fingerprint density at radius 3 is 2.58 bits per heavy atom. The Balaban J connectivity index is 2.41. The van der Waals surface area contributed by atoms with Crippen LogP contribution in [0.5, 0.6) is 0 Å². The van der Waals surface area contributed by atoms with Crippen LogP contribution in [0.15, 0.2) is 28.7 Å². The number of amides is 1. The van der Waals surface area contributed by atoms with Crippen LogP contribution in [0.1, 0.15) is 12.5 Å². The van der Waals surface area contributed by atoms with Crippen LogP contribution in [-0.4, -0.2) is 24.7 Å². The van der Waals surface area contributed by atoms with Crippen molar-refractivity contribution in [1.29, 1.82) is 0 Å². The number of nitrogens with one attached hydrogen (secondary N) is 2. The lowest BCUT2D eigenvalue weighted by Crippen LogP contribution is -2.45. The number of rotatable bonds is 5. The number of alkyl halides is 3. The summed E-state index contributed by atoms with van der Waals surface area (Å²) >= 11 is 3.35. The number of benzene rings is 1. The van der Waals surface area contributed by atoms with Crippen molar-refractivity contribution < 1.29 is 18.0 Å². The fraction of sp³-hybridized carbons (Fsp3) is 0.417. The van der Waals surface area contributed by atoms with Gasteiger partial charge in [0.15, 0.2) is 0 Å². The smallest absolute Gasteiger partial charge is 0.346 e. The van der Waals surface area contributed by atoms with Gasteiger partial charge in [-0.2, -0.15) is 13.2 Å². The summed E-state index contributed by atoms with van der Waals surface area (Å²) in [6.07, 6.45) is -4.39. The molecule has 0 bridgehead atoms. The molecule has 0 fully saturated rings. The first-order valence-corrected chi connectivity index (χ1v) is 6.40. The average molecular weight is 339 g/mol. The third-order valence-electron chi connectivity index (χ3n) is 2.41. The zero-order valence-electron chi connectivity index (χ0n) is 10.2. The minimum atomic E-state index is -4.39. The van der Waals surface area contributed by atoms with Gasteiger partial charge < -0.3 is 10.6 Å². The van der Waals surface area contributed by atoms with Crippen molar-refractivity contribution in [2.24, 2.45) is 0 Å². The first-order valence-electron chi connectivity index (χ1n) is 5.61. The molecule has 7 heteroatoms. The zero-order valence-corrected chi connectivity index (χ0v) is 11.8. The van der Waals surface area contributed by atoms with Gasteiger partial charge in [-0.25, -0.2) is 0 Å². The summed E-state index contributed by atoms with van der Waals surface area (Å²) in [6.45, 7) is 0.595. The summed E-state index contributed by atoms with van der Waals surface area (Å²) in [5.74, 6) is -0.677. The topological polar surface area (TPSA) is 41.1 Å².